The summed E-state index contributed by atoms with van der Waals surface area (Å²) >= 11 is 0. The van der Waals surface area contributed by atoms with E-state index >= 15 is 0 Å². The molecule has 0 unspecified atom stereocenters. The largest absolute Gasteiger partial charge is 0.454 e. The summed E-state index contributed by atoms with van der Waals surface area (Å²) in [7, 11) is 0. The Morgan fingerprint density at radius 3 is 2.38 bits per heavy atom. The fraction of sp³-hybridized carbons (Fsp3) is 0.0435. The summed E-state index contributed by atoms with van der Waals surface area (Å²) in [6, 6.07) is 25.1. The van der Waals surface area contributed by atoms with Crippen LogP contribution < -0.4 is 14.8 Å². The molecule has 6 heteroatoms. The van der Waals surface area contributed by atoms with Gasteiger partial charge in [0.05, 0.1) is 5.69 Å². The van der Waals surface area contributed by atoms with Gasteiger partial charge in [0, 0.05) is 11.3 Å². The monoisotopic (exact) mass is 383 g/mol. The number of carbonyl (C=O) groups is 1. The number of carbonyl (C=O) groups excluding carboxylic acids is 1. The number of hydrogen-bond donors (Lipinski definition) is 2. The zero-order valence-electron chi connectivity index (χ0n) is 15.4. The average molecular weight is 383 g/mol. The summed E-state index contributed by atoms with van der Waals surface area (Å²) in [5, 5.41) is 9.93. The quantitative estimate of drug-likeness (QED) is 0.534. The molecule has 0 aliphatic carbocycles. The van der Waals surface area contributed by atoms with Crippen LogP contribution in [-0.4, -0.2) is 22.9 Å². The standard InChI is InChI=1S/C23H17N3O3/c27-23(24-18-9-6-16(7-10-18)15-4-2-1-3-5-15)20-13-19(25-26-20)17-8-11-21-22(12-17)29-14-28-21/h1-13H,14H2,(H,24,27)(H,25,26). The van der Waals surface area contributed by atoms with Crippen LogP contribution in [0.5, 0.6) is 11.5 Å². The highest BCUT2D eigenvalue weighted by atomic mass is 16.7. The van der Waals surface area contributed by atoms with Gasteiger partial charge in [0.1, 0.15) is 5.69 Å². The van der Waals surface area contributed by atoms with Crippen LogP contribution in [0.4, 0.5) is 5.69 Å². The maximum absolute atomic E-state index is 12.6. The minimum Gasteiger partial charge on any atom is -0.454 e. The number of amides is 1. The highest BCUT2D eigenvalue weighted by Gasteiger charge is 2.16. The van der Waals surface area contributed by atoms with E-state index in [1.807, 2.05) is 60.7 Å². The number of H-pyrrole nitrogens is 1. The van der Waals surface area contributed by atoms with Gasteiger partial charge in [-0.05, 0) is 47.5 Å². The van der Waals surface area contributed by atoms with Gasteiger partial charge in [-0.15, -0.1) is 0 Å². The predicted octanol–water partition coefficient (Wildman–Crippen LogP) is 4.72. The van der Waals surface area contributed by atoms with Crippen LogP contribution in [0.1, 0.15) is 10.5 Å². The number of nitrogens with one attached hydrogen (secondary N) is 2. The lowest BCUT2D eigenvalue weighted by molar-refractivity contribution is 0.102. The van der Waals surface area contributed by atoms with Crippen LogP contribution >= 0.6 is 0 Å². The number of nitrogens with zero attached hydrogens (tertiary/aromatic N) is 1. The highest BCUT2D eigenvalue weighted by Crippen LogP contribution is 2.35. The maximum Gasteiger partial charge on any atom is 0.273 e. The van der Waals surface area contributed by atoms with Crippen LogP contribution in [0.15, 0.2) is 78.9 Å². The zero-order valence-corrected chi connectivity index (χ0v) is 15.4. The molecule has 142 valence electrons. The first-order valence-electron chi connectivity index (χ1n) is 9.18. The molecule has 0 saturated heterocycles. The van der Waals surface area contributed by atoms with Crippen LogP contribution in [0.2, 0.25) is 0 Å². The molecule has 0 spiro atoms. The first kappa shape index (κ1) is 17.1. The molecule has 1 aliphatic rings. The van der Waals surface area contributed by atoms with Crippen molar-refractivity contribution >= 4 is 11.6 Å². The summed E-state index contributed by atoms with van der Waals surface area (Å²) in [6.07, 6.45) is 0. The molecule has 2 N–H and O–H groups in total. The molecule has 0 saturated carbocycles. The van der Waals surface area contributed by atoms with Gasteiger partial charge >= 0.3 is 0 Å². The van der Waals surface area contributed by atoms with E-state index in [9.17, 15) is 4.79 Å². The zero-order chi connectivity index (χ0) is 19.6. The van der Waals surface area contributed by atoms with Crippen molar-refractivity contribution in [2.24, 2.45) is 0 Å². The number of aromatic amines is 1. The summed E-state index contributed by atoms with van der Waals surface area (Å²) in [4.78, 5) is 12.6. The Bertz CT molecular complexity index is 1170. The van der Waals surface area contributed by atoms with E-state index in [0.29, 0.717) is 28.6 Å². The Morgan fingerprint density at radius 1 is 0.828 bits per heavy atom. The third kappa shape index (κ3) is 3.43. The first-order chi connectivity index (χ1) is 14.3. The van der Waals surface area contributed by atoms with Crippen LogP contribution in [0.25, 0.3) is 22.4 Å². The van der Waals surface area contributed by atoms with Crippen molar-refractivity contribution in [2.75, 3.05) is 12.1 Å². The smallest absolute Gasteiger partial charge is 0.273 e. The first-order valence-corrected chi connectivity index (χ1v) is 9.18. The van der Waals surface area contributed by atoms with Crippen molar-refractivity contribution in [3.05, 3.63) is 84.6 Å². The van der Waals surface area contributed by atoms with Crippen molar-refractivity contribution in [3.63, 3.8) is 0 Å². The lowest BCUT2D eigenvalue weighted by atomic mass is 10.1. The lowest BCUT2D eigenvalue weighted by Crippen LogP contribution is -2.12. The Balaban J connectivity index is 1.30. The number of hydrogen-bond acceptors (Lipinski definition) is 4. The van der Waals surface area contributed by atoms with Gasteiger partial charge in [-0.3, -0.25) is 9.89 Å². The Hall–Kier alpha value is -4.06. The number of rotatable bonds is 4. The van der Waals surface area contributed by atoms with E-state index in [0.717, 1.165) is 16.7 Å². The van der Waals surface area contributed by atoms with E-state index in [1.165, 1.54) is 0 Å². The van der Waals surface area contributed by atoms with Gasteiger partial charge in [0.2, 0.25) is 6.79 Å². The molecule has 29 heavy (non-hydrogen) atoms. The normalized spacial score (nSPS) is 12.0. The van der Waals surface area contributed by atoms with E-state index in [4.69, 9.17) is 9.47 Å². The maximum atomic E-state index is 12.6. The van der Waals surface area contributed by atoms with E-state index in [1.54, 1.807) is 6.07 Å². The van der Waals surface area contributed by atoms with E-state index in [-0.39, 0.29) is 12.7 Å². The SMILES string of the molecule is O=C(Nc1ccc(-c2ccccc2)cc1)c1cc(-c2ccc3c(c2)OCO3)n[nH]1. The topological polar surface area (TPSA) is 76.2 Å². The lowest BCUT2D eigenvalue weighted by Gasteiger charge is -2.06. The molecule has 1 aliphatic heterocycles. The van der Waals surface area contributed by atoms with Crippen LogP contribution in [-0.2, 0) is 0 Å². The third-order valence-electron chi connectivity index (χ3n) is 4.74. The summed E-state index contributed by atoms with van der Waals surface area (Å²) in [5.41, 5.74) is 4.82. The minimum atomic E-state index is -0.253. The molecule has 0 atom stereocenters. The fourth-order valence-electron chi connectivity index (χ4n) is 3.22. The molecular formula is C23H17N3O3. The molecule has 4 aromatic rings. The Morgan fingerprint density at radius 2 is 1.55 bits per heavy atom. The Kier molecular flexibility index (Phi) is 4.22. The van der Waals surface area contributed by atoms with Gasteiger partial charge in [0.25, 0.3) is 5.91 Å². The van der Waals surface area contributed by atoms with Gasteiger partial charge in [-0.2, -0.15) is 5.10 Å². The van der Waals surface area contributed by atoms with Gasteiger partial charge in [-0.25, -0.2) is 0 Å². The van der Waals surface area contributed by atoms with Crippen molar-refractivity contribution in [1.82, 2.24) is 10.2 Å². The fourth-order valence-corrected chi connectivity index (χ4v) is 3.22. The van der Waals surface area contributed by atoms with E-state index < -0.39 is 0 Å². The second-order valence-electron chi connectivity index (χ2n) is 6.63. The third-order valence-corrected chi connectivity index (χ3v) is 4.74. The number of anilines is 1. The summed E-state index contributed by atoms with van der Waals surface area (Å²) in [5.74, 6) is 1.13. The second kappa shape index (κ2) is 7.16. The molecule has 0 radical (unpaired) electrons. The van der Waals surface area contributed by atoms with Crippen molar-refractivity contribution in [2.45, 2.75) is 0 Å². The van der Waals surface area contributed by atoms with Gasteiger partial charge in [0.15, 0.2) is 11.5 Å². The van der Waals surface area contributed by atoms with E-state index in [2.05, 4.69) is 27.6 Å². The number of benzene rings is 3. The molecule has 1 amide bonds. The van der Waals surface area contributed by atoms with Gasteiger partial charge in [-0.1, -0.05) is 42.5 Å². The second-order valence-corrected chi connectivity index (χ2v) is 6.63. The molecular weight excluding hydrogens is 366 g/mol. The molecule has 5 rings (SSSR count). The minimum absolute atomic E-state index is 0.218. The molecule has 1 aromatic heterocycles. The summed E-state index contributed by atoms with van der Waals surface area (Å²) < 4.78 is 10.7. The number of aromatic nitrogens is 2. The molecule has 6 nitrogen and oxygen atoms in total. The van der Waals surface area contributed by atoms with Crippen molar-refractivity contribution in [3.8, 4) is 33.9 Å². The molecule has 0 fully saturated rings. The van der Waals surface area contributed by atoms with Gasteiger partial charge < -0.3 is 14.8 Å². The highest BCUT2D eigenvalue weighted by molar-refractivity contribution is 6.03. The average Bonchev–Trinajstić information content (AvgIpc) is 3.44. The predicted molar refractivity (Wildman–Crippen MR) is 110 cm³/mol. The van der Waals surface area contributed by atoms with Crippen molar-refractivity contribution < 1.29 is 14.3 Å². The number of ether oxygens (including phenoxy) is 2. The summed E-state index contributed by atoms with van der Waals surface area (Å²) in [6.45, 7) is 0.218. The number of fused-ring (bicyclic) bond motifs is 1. The van der Waals surface area contributed by atoms with Crippen molar-refractivity contribution in [1.29, 1.82) is 0 Å². The Labute approximate surface area is 167 Å². The van der Waals surface area contributed by atoms with Crippen LogP contribution in [0, 0.1) is 0 Å². The van der Waals surface area contributed by atoms with Crippen LogP contribution in [0.3, 0.4) is 0 Å². The molecule has 0 bridgehead atoms. The molecule has 2 heterocycles. The molecule has 3 aromatic carbocycles.